The third kappa shape index (κ3) is 3.95. The van der Waals surface area contributed by atoms with Gasteiger partial charge in [0.1, 0.15) is 0 Å². The van der Waals surface area contributed by atoms with E-state index in [4.69, 9.17) is 0 Å². The highest BCUT2D eigenvalue weighted by molar-refractivity contribution is 7.98. The molecule has 0 heterocycles. The Bertz CT molecular complexity index is 497. The van der Waals surface area contributed by atoms with Gasteiger partial charge in [0.25, 0.3) is 0 Å². The minimum Gasteiger partial charge on any atom is -0.389 e. The maximum atomic E-state index is 12.4. The zero-order valence-electron chi connectivity index (χ0n) is 11.7. The summed E-state index contributed by atoms with van der Waals surface area (Å²) in [6.45, 7) is 3.54. The molecular weight excluding hydrogens is 282 g/mol. The molecule has 0 amide bonds. The van der Waals surface area contributed by atoms with Crippen molar-refractivity contribution in [2.75, 3.05) is 19.1 Å². The molecule has 0 aromatic heterocycles. The van der Waals surface area contributed by atoms with Gasteiger partial charge < -0.3 is 5.11 Å². The molecule has 2 unspecified atom stereocenters. The van der Waals surface area contributed by atoms with Gasteiger partial charge in [0, 0.05) is 18.8 Å². The molecule has 6 heteroatoms. The maximum absolute atomic E-state index is 12.4. The molecule has 0 bridgehead atoms. The Morgan fingerprint density at radius 2 is 1.79 bits per heavy atom. The summed E-state index contributed by atoms with van der Waals surface area (Å²) in [7, 11) is -1.87. The molecule has 1 rings (SSSR count). The monoisotopic (exact) mass is 303 g/mol. The summed E-state index contributed by atoms with van der Waals surface area (Å²) in [4.78, 5) is 0.257. The van der Waals surface area contributed by atoms with Crippen molar-refractivity contribution in [3.8, 4) is 0 Å². The van der Waals surface area contributed by atoms with Gasteiger partial charge in [0.2, 0.25) is 10.0 Å². The second-order valence-electron chi connectivity index (χ2n) is 4.57. The first kappa shape index (κ1) is 16.5. The van der Waals surface area contributed by atoms with Crippen molar-refractivity contribution in [1.29, 1.82) is 0 Å². The molecule has 1 aromatic carbocycles. The van der Waals surface area contributed by atoms with Gasteiger partial charge in [0.05, 0.1) is 11.0 Å². The first-order chi connectivity index (χ1) is 8.80. The van der Waals surface area contributed by atoms with E-state index in [-0.39, 0.29) is 10.9 Å². The van der Waals surface area contributed by atoms with Crippen LogP contribution in [-0.4, -0.2) is 42.9 Å². The molecule has 2 atom stereocenters. The van der Waals surface area contributed by atoms with E-state index in [2.05, 4.69) is 0 Å². The molecule has 0 aliphatic rings. The molecule has 4 nitrogen and oxygen atoms in total. The van der Waals surface area contributed by atoms with Crippen LogP contribution in [0.1, 0.15) is 25.5 Å². The zero-order chi connectivity index (χ0) is 14.6. The van der Waals surface area contributed by atoms with Crippen molar-refractivity contribution in [1.82, 2.24) is 4.31 Å². The summed E-state index contributed by atoms with van der Waals surface area (Å²) in [6.07, 6.45) is 1.36. The van der Waals surface area contributed by atoms with Gasteiger partial charge in [-0.3, -0.25) is 0 Å². The highest BCUT2D eigenvalue weighted by Crippen LogP contribution is 2.20. The van der Waals surface area contributed by atoms with Crippen LogP contribution in [0.25, 0.3) is 0 Å². The molecule has 0 aliphatic carbocycles. The molecule has 19 heavy (non-hydrogen) atoms. The largest absolute Gasteiger partial charge is 0.389 e. The summed E-state index contributed by atoms with van der Waals surface area (Å²) >= 11 is 1.62. The van der Waals surface area contributed by atoms with Crippen molar-refractivity contribution >= 4 is 21.8 Å². The molecule has 0 fully saturated rings. The van der Waals surface area contributed by atoms with Gasteiger partial charge in [0.15, 0.2) is 0 Å². The second kappa shape index (κ2) is 6.74. The van der Waals surface area contributed by atoms with Crippen LogP contribution in [0.3, 0.4) is 0 Å². The van der Waals surface area contributed by atoms with Crippen LogP contribution in [0.15, 0.2) is 29.2 Å². The SMILES string of the molecule is CSCC(C)N(C)S(=O)(=O)c1ccc(C(C)O)cc1. The third-order valence-corrected chi connectivity index (χ3v) is 5.87. The first-order valence-corrected chi connectivity index (χ1v) is 8.89. The van der Waals surface area contributed by atoms with Crippen LogP contribution in [0.5, 0.6) is 0 Å². The Labute approximate surface area is 119 Å². The fourth-order valence-electron chi connectivity index (χ4n) is 1.67. The molecule has 1 aromatic rings. The van der Waals surface area contributed by atoms with Crippen molar-refractivity contribution in [3.05, 3.63) is 29.8 Å². The average molecular weight is 303 g/mol. The highest BCUT2D eigenvalue weighted by atomic mass is 32.2. The van der Waals surface area contributed by atoms with Crippen LogP contribution < -0.4 is 0 Å². The van der Waals surface area contributed by atoms with Crippen LogP contribution in [0, 0.1) is 0 Å². The normalized spacial score (nSPS) is 15.5. The van der Waals surface area contributed by atoms with E-state index >= 15 is 0 Å². The number of nitrogens with zero attached hydrogens (tertiary/aromatic N) is 1. The standard InChI is InChI=1S/C13H21NO3S2/c1-10(9-18-4)14(3)19(16,17)13-7-5-12(6-8-13)11(2)15/h5-8,10-11,15H,9H2,1-4H3. The lowest BCUT2D eigenvalue weighted by Crippen LogP contribution is -2.36. The Balaban J connectivity index is 3.00. The Morgan fingerprint density at radius 3 is 2.21 bits per heavy atom. The molecule has 0 radical (unpaired) electrons. The molecular formula is C13H21NO3S2. The lowest BCUT2D eigenvalue weighted by atomic mass is 10.1. The van der Waals surface area contributed by atoms with E-state index in [0.717, 1.165) is 5.75 Å². The summed E-state index contributed by atoms with van der Waals surface area (Å²) in [6, 6.07) is 6.31. The highest BCUT2D eigenvalue weighted by Gasteiger charge is 2.24. The number of hydrogen-bond donors (Lipinski definition) is 1. The Hall–Kier alpha value is -0.560. The van der Waals surface area contributed by atoms with Crippen molar-refractivity contribution in [3.63, 3.8) is 0 Å². The van der Waals surface area contributed by atoms with Crippen LogP contribution in [0.2, 0.25) is 0 Å². The van der Waals surface area contributed by atoms with E-state index in [1.165, 1.54) is 4.31 Å². The van der Waals surface area contributed by atoms with E-state index in [1.54, 1.807) is 50.0 Å². The van der Waals surface area contributed by atoms with Crippen molar-refractivity contribution in [2.45, 2.75) is 30.9 Å². The lowest BCUT2D eigenvalue weighted by Gasteiger charge is -2.23. The van der Waals surface area contributed by atoms with Gasteiger partial charge in [-0.2, -0.15) is 16.1 Å². The minimum atomic E-state index is -3.46. The fraction of sp³-hybridized carbons (Fsp3) is 0.538. The van der Waals surface area contributed by atoms with Gasteiger partial charge >= 0.3 is 0 Å². The molecule has 108 valence electrons. The summed E-state index contributed by atoms with van der Waals surface area (Å²) in [5, 5.41) is 9.42. The van der Waals surface area contributed by atoms with E-state index in [1.807, 2.05) is 13.2 Å². The number of rotatable bonds is 6. The zero-order valence-corrected chi connectivity index (χ0v) is 13.3. The smallest absolute Gasteiger partial charge is 0.243 e. The first-order valence-electron chi connectivity index (χ1n) is 6.05. The maximum Gasteiger partial charge on any atom is 0.243 e. The van der Waals surface area contributed by atoms with Gasteiger partial charge in [-0.25, -0.2) is 8.42 Å². The minimum absolute atomic E-state index is 0.0589. The van der Waals surface area contributed by atoms with Gasteiger partial charge in [-0.15, -0.1) is 0 Å². The number of aliphatic hydroxyl groups is 1. The molecule has 0 saturated heterocycles. The number of thioether (sulfide) groups is 1. The van der Waals surface area contributed by atoms with Crippen molar-refractivity contribution < 1.29 is 13.5 Å². The fourth-order valence-corrected chi connectivity index (χ4v) is 3.83. The summed E-state index contributed by atoms with van der Waals surface area (Å²) in [5.41, 5.74) is 0.707. The molecule has 1 N–H and O–H groups in total. The topological polar surface area (TPSA) is 57.6 Å². The quantitative estimate of drug-likeness (QED) is 0.874. The summed E-state index contributed by atoms with van der Waals surface area (Å²) in [5.74, 6) is 0.751. The van der Waals surface area contributed by atoms with E-state index in [0.29, 0.717) is 5.56 Å². The van der Waals surface area contributed by atoms with Crippen LogP contribution >= 0.6 is 11.8 Å². The molecule has 0 aliphatic heterocycles. The average Bonchev–Trinajstić information content (AvgIpc) is 2.38. The number of hydrogen-bond acceptors (Lipinski definition) is 4. The second-order valence-corrected chi connectivity index (χ2v) is 7.48. The third-order valence-electron chi connectivity index (χ3n) is 3.07. The van der Waals surface area contributed by atoms with Gasteiger partial charge in [-0.1, -0.05) is 12.1 Å². The summed E-state index contributed by atoms with van der Waals surface area (Å²) < 4.78 is 26.2. The number of aliphatic hydroxyl groups excluding tert-OH is 1. The van der Waals surface area contributed by atoms with Gasteiger partial charge in [-0.05, 0) is 37.8 Å². The van der Waals surface area contributed by atoms with Crippen molar-refractivity contribution in [2.24, 2.45) is 0 Å². The number of sulfonamides is 1. The van der Waals surface area contributed by atoms with Crippen LogP contribution in [0.4, 0.5) is 0 Å². The Kier molecular flexibility index (Phi) is 5.85. The molecule has 0 spiro atoms. The number of benzene rings is 1. The van der Waals surface area contributed by atoms with Crippen LogP contribution in [-0.2, 0) is 10.0 Å². The predicted molar refractivity (Wildman–Crippen MR) is 79.9 cm³/mol. The van der Waals surface area contributed by atoms with E-state index in [9.17, 15) is 13.5 Å². The van der Waals surface area contributed by atoms with E-state index < -0.39 is 16.1 Å². The predicted octanol–water partition coefficient (Wildman–Crippen LogP) is 2.11. The molecule has 0 saturated carbocycles. The Morgan fingerprint density at radius 1 is 1.26 bits per heavy atom. The lowest BCUT2D eigenvalue weighted by molar-refractivity contribution is 0.199.